The number of alkyl carbamates (subject to hydrolysis) is 1. The Balaban J connectivity index is 1.26. The van der Waals surface area contributed by atoms with Crippen molar-refractivity contribution < 1.29 is 24.2 Å². The summed E-state index contributed by atoms with van der Waals surface area (Å²) in [6.07, 6.45) is 2.85. The number of ether oxygens (including phenoxy) is 1. The fourth-order valence-electron chi connectivity index (χ4n) is 5.39. The summed E-state index contributed by atoms with van der Waals surface area (Å²) in [6.45, 7) is 0.727. The van der Waals surface area contributed by atoms with Crippen LogP contribution in [-0.2, 0) is 14.3 Å². The van der Waals surface area contributed by atoms with Crippen LogP contribution in [0.25, 0.3) is 11.1 Å². The number of nitrogens with one attached hydrogen (secondary N) is 1. The van der Waals surface area contributed by atoms with Gasteiger partial charge in [0.05, 0.1) is 6.42 Å². The topological polar surface area (TPSA) is 95.9 Å². The maximum absolute atomic E-state index is 13.1. The molecule has 2 atom stereocenters. The maximum Gasteiger partial charge on any atom is 0.407 e. The highest BCUT2D eigenvalue weighted by Gasteiger charge is 2.42. The fraction of sp³-hybridized carbons (Fsp3) is 0.423. The van der Waals surface area contributed by atoms with Gasteiger partial charge in [-0.3, -0.25) is 9.59 Å². The number of nitrogens with zero attached hydrogens (tertiary/aromatic N) is 1. The lowest BCUT2D eigenvalue weighted by molar-refractivity contribution is -0.143. The molecule has 1 aliphatic heterocycles. The summed E-state index contributed by atoms with van der Waals surface area (Å²) in [5.41, 5.74) is 4.44. The van der Waals surface area contributed by atoms with E-state index in [2.05, 4.69) is 17.4 Å². The Bertz CT molecular complexity index is 1030. The zero-order chi connectivity index (χ0) is 22.9. The van der Waals surface area contributed by atoms with Crippen molar-refractivity contribution >= 4 is 18.0 Å². The summed E-state index contributed by atoms with van der Waals surface area (Å²) in [7, 11) is 0. The quantitative estimate of drug-likeness (QED) is 0.672. The highest BCUT2D eigenvalue weighted by atomic mass is 16.5. The van der Waals surface area contributed by atoms with Crippen molar-refractivity contribution in [2.45, 2.75) is 50.1 Å². The first-order chi connectivity index (χ1) is 16.0. The number of fused-ring (bicyclic) bond motifs is 3. The number of benzene rings is 2. The number of carboxylic acid groups (broad SMARTS) is 1. The molecule has 2 unspecified atom stereocenters. The van der Waals surface area contributed by atoms with Gasteiger partial charge < -0.3 is 20.1 Å². The summed E-state index contributed by atoms with van der Waals surface area (Å²) < 4.78 is 5.54. The highest BCUT2D eigenvalue weighted by Crippen LogP contribution is 2.44. The van der Waals surface area contributed by atoms with Crippen molar-refractivity contribution in [1.29, 1.82) is 0 Å². The predicted octanol–water partition coefficient (Wildman–Crippen LogP) is 3.77. The van der Waals surface area contributed by atoms with Gasteiger partial charge in [0, 0.05) is 18.5 Å². The minimum absolute atomic E-state index is 0.102. The minimum Gasteiger partial charge on any atom is -0.481 e. The van der Waals surface area contributed by atoms with Crippen molar-refractivity contribution in [2.24, 2.45) is 5.92 Å². The number of rotatable bonds is 7. The second kappa shape index (κ2) is 8.89. The molecule has 172 valence electrons. The number of amides is 2. The average Bonchev–Trinajstić information content (AvgIpc) is 3.45. The molecule has 0 spiro atoms. The molecule has 2 aromatic carbocycles. The number of hydrogen-bond donors (Lipinski definition) is 2. The summed E-state index contributed by atoms with van der Waals surface area (Å²) in [5, 5.41) is 11.9. The van der Waals surface area contributed by atoms with Gasteiger partial charge in [-0.2, -0.15) is 0 Å². The average molecular weight is 449 g/mol. The second-order valence-electron chi connectivity index (χ2n) is 9.20. The number of carbonyl (C=O) groups is 3. The summed E-state index contributed by atoms with van der Waals surface area (Å²) >= 11 is 0. The predicted molar refractivity (Wildman–Crippen MR) is 122 cm³/mol. The molecular weight excluding hydrogens is 420 g/mol. The number of carboxylic acids is 1. The van der Waals surface area contributed by atoms with E-state index in [4.69, 9.17) is 4.74 Å². The molecular formula is C26H28N2O5. The van der Waals surface area contributed by atoms with E-state index in [1.807, 2.05) is 36.4 Å². The van der Waals surface area contributed by atoms with Crippen LogP contribution in [0.4, 0.5) is 4.79 Å². The summed E-state index contributed by atoms with van der Waals surface area (Å²) in [5.74, 6) is -1.04. The zero-order valence-corrected chi connectivity index (χ0v) is 18.4. The molecule has 0 radical (unpaired) electrons. The first kappa shape index (κ1) is 21.5. The molecule has 7 nitrogen and oxygen atoms in total. The molecule has 5 rings (SSSR count). The van der Waals surface area contributed by atoms with E-state index in [-0.39, 0.29) is 24.5 Å². The highest BCUT2D eigenvalue weighted by molar-refractivity contribution is 5.89. The number of likely N-dealkylation sites (tertiary alicyclic amines) is 1. The third-order valence-electron chi connectivity index (χ3n) is 7.06. The van der Waals surface area contributed by atoms with Crippen molar-refractivity contribution in [2.75, 3.05) is 13.2 Å². The van der Waals surface area contributed by atoms with E-state index in [0.717, 1.165) is 47.9 Å². The maximum atomic E-state index is 13.1. The SMILES string of the molecule is O=C(O)CC(NC(=O)OCC1c2ccccc2-c2ccccc21)C(=O)N1CCCC1C1CC1. The van der Waals surface area contributed by atoms with Gasteiger partial charge in [0.15, 0.2) is 0 Å². The standard InChI is InChI=1S/C26H28N2O5/c29-24(30)14-22(25(31)28-13-5-10-23(28)16-11-12-16)27-26(32)33-15-21-19-8-3-1-6-17(19)18-7-2-4-9-20(18)21/h1-4,6-9,16,21-23H,5,10-15H2,(H,27,32)(H,29,30). The summed E-state index contributed by atoms with van der Waals surface area (Å²) in [4.78, 5) is 39.0. The lowest BCUT2D eigenvalue weighted by Gasteiger charge is -2.28. The van der Waals surface area contributed by atoms with Crippen molar-refractivity contribution in [3.05, 3.63) is 59.7 Å². The normalized spacial score (nSPS) is 20.1. The molecule has 2 fully saturated rings. The van der Waals surface area contributed by atoms with Gasteiger partial charge in [0.1, 0.15) is 12.6 Å². The number of hydrogen-bond acceptors (Lipinski definition) is 4. The summed E-state index contributed by atoms with van der Waals surface area (Å²) in [6, 6.07) is 15.1. The molecule has 3 aliphatic rings. The van der Waals surface area contributed by atoms with E-state index in [9.17, 15) is 19.5 Å². The lowest BCUT2D eigenvalue weighted by Crippen LogP contribution is -2.51. The van der Waals surface area contributed by atoms with Crippen molar-refractivity contribution in [3.8, 4) is 11.1 Å². The van der Waals surface area contributed by atoms with E-state index in [0.29, 0.717) is 12.5 Å². The van der Waals surface area contributed by atoms with Crippen LogP contribution in [0.15, 0.2) is 48.5 Å². The molecule has 0 bridgehead atoms. The Labute approximate surface area is 192 Å². The van der Waals surface area contributed by atoms with Crippen molar-refractivity contribution in [3.63, 3.8) is 0 Å². The van der Waals surface area contributed by atoms with Crippen LogP contribution in [0.3, 0.4) is 0 Å². The Morgan fingerprint density at radius 1 is 1.00 bits per heavy atom. The lowest BCUT2D eigenvalue weighted by atomic mass is 9.98. The molecule has 2 aliphatic carbocycles. The van der Waals surface area contributed by atoms with Crippen molar-refractivity contribution in [1.82, 2.24) is 10.2 Å². The Kier molecular flexibility index (Phi) is 5.79. The van der Waals surface area contributed by atoms with Gasteiger partial charge in [0.25, 0.3) is 0 Å². The molecule has 2 aromatic rings. The molecule has 2 N–H and O–H groups in total. The third-order valence-corrected chi connectivity index (χ3v) is 7.06. The van der Waals surface area contributed by atoms with Gasteiger partial charge in [-0.15, -0.1) is 0 Å². The van der Waals surface area contributed by atoms with Gasteiger partial charge in [-0.25, -0.2) is 4.79 Å². The van der Waals surface area contributed by atoms with Gasteiger partial charge in [0.2, 0.25) is 5.91 Å². The number of carbonyl (C=O) groups excluding carboxylic acids is 2. The molecule has 1 saturated heterocycles. The third kappa shape index (κ3) is 4.32. The zero-order valence-electron chi connectivity index (χ0n) is 18.4. The Morgan fingerprint density at radius 2 is 1.64 bits per heavy atom. The number of aliphatic carboxylic acids is 1. The van der Waals surface area contributed by atoms with Crippen LogP contribution in [0.2, 0.25) is 0 Å². The minimum atomic E-state index is -1.13. The molecule has 1 heterocycles. The molecule has 7 heteroatoms. The Hall–Kier alpha value is -3.35. The van der Waals surface area contributed by atoms with Crippen LogP contribution in [0, 0.1) is 5.92 Å². The van der Waals surface area contributed by atoms with E-state index >= 15 is 0 Å². The smallest absolute Gasteiger partial charge is 0.407 e. The van der Waals surface area contributed by atoms with Gasteiger partial charge in [-0.05, 0) is 53.9 Å². The fourth-order valence-corrected chi connectivity index (χ4v) is 5.39. The van der Waals surface area contributed by atoms with Crippen LogP contribution in [0.5, 0.6) is 0 Å². The second-order valence-corrected chi connectivity index (χ2v) is 9.20. The van der Waals surface area contributed by atoms with E-state index in [1.165, 1.54) is 0 Å². The van der Waals surface area contributed by atoms with Crippen LogP contribution in [-0.4, -0.2) is 53.2 Å². The largest absolute Gasteiger partial charge is 0.481 e. The van der Waals surface area contributed by atoms with Gasteiger partial charge >= 0.3 is 12.1 Å². The van der Waals surface area contributed by atoms with Crippen LogP contribution in [0.1, 0.15) is 49.1 Å². The van der Waals surface area contributed by atoms with Crippen LogP contribution < -0.4 is 5.32 Å². The first-order valence-corrected chi connectivity index (χ1v) is 11.7. The van der Waals surface area contributed by atoms with E-state index in [1.54, 1.807) is 4.90 Å². The van der Waals surface area contributed by atoms with Crippen LogP contribution >= 0.6 is 0 Å². The van der Waals surface area contributed by atoms with E-state index < -0.39 is 24.5 Å². The molecule has 1 saturated carbocycles. The van der Waals surface area contributed by atoms with Gasteiger partial charge in [-0.1, -0.05) is 48.5 Å². The molecule has 2 amide bonds. The Morgan fingerprint density at radius 3 is 2.24 bits per heavy atom. The molecule has 33 heavy (non-hydrogen) atoms. The molecule has 0 aromatic heterocycles. The first-order valence-electron chi connectivity index (χ1n) is 11.7. The monoisotopic (exact) mass is 448 g/mol.